The largest absolute Gasteiger partial charge is 0.505 e. The van der Waals surface area contributed by atoms with Crippen molar-refractivity contribution in [3.8, 4) is 5.75 Å². The van der Waals surface area contributed by atoms with Gasteiger partial charge in [-0.3, -0.25) is 4.79 Å². The number of anilines is 1. The minimum Gasteiger partial charge on any atom is -0.505 e. The minimum atomic E-state index is -4.76. The third-order valence-corrected chi connectivity index (χ3v) is 6.12. The lowest BCUT2D eigenvalue weighted by Crippen LogP contribution is -2.45. The quantitative estimate of drug-likeness (QED) is 0.610. The molecular weight excluding hydrogens is 412 g/mol. The van der Waals surface area contributed by atoms with Crippen LogP contribution in [0, 0.1) is 11.7 Å². The van der Waals surface area contributed by atoms with Crippen LogP contribution in [0.4, 0.5) is 32.0 Å². The van der Waals surface area contributed by atoms with E-state index in [2.05, 4.69) is 5.32 Å². The van der Waals surface area contributed by atoms with Crippen LogP contribution in [-0.4, -0.2) is 16.9 Å². The van der Waals surface area contributed by atoms with Gasteiger partial charge in [-0.2, -0.15) is 13.2 Å². The number of carbonyl (C=O) groups is 1. The average Bonchev–Trinajstić information content (AvgIpc) is 2.96. The van der Waals surface area contributed by atoms with Crippen LogP contribution in [0.15, 0.2) is 36.4 Å². The fourth-order valence-electron chi connectivity index (χ4n) is 4.74. The van der Waals surface area contributed by atoms with Crippen molar-refractivity contribution in [1.29, 1.82) is 0 Å². The zero-order chi connectivity index (χ0) is 21.9. The molecule has 30 heavy (non-hydrogen) atoms. The Balaban J connectivity index is 1.97. The highest BCUT2D eigenvalue weighted by Gasteiger charge is 2.57. The van der Waals surface area contributed by atoms with Gasteiger partial charge in [-0.05, 0) is 48.1 Å². The van der Waals surface area contributed by atoms with Crippen LogP contribution in [0.1, 0.15) is 42.4 Å². The van der Waals surface area contributed by atoms with Crippen molar-refractivity contribution in [3.63, 3.8) is 0 Å². The van der Waals surface area contributed by atoms with Gasteiger partial charge in [0.05, 0.1) is 11.3 Å². The second-order valence-corrected chi connectivity index (χ2v) is 7.78. The summed E-state index contributed by atoms with van der Waals surface area (Å²) in [5, 5.41) is 11.8. The number of rotatable bonds is 2. The fourth-order valence-corrected chi connectivity index (χ4v) is 4.74. The van der Waals surface area contributed by atoms with Gasteiger partial charge in [0.1, 0.15) is 5.41 Å². The Morgan fingerprint density at radius 3 is 2.33 bits per heavy atom. The van der Waals surface area contributed by atoms with Gasteiger partial charge in [-0.1, -0.05) is 18.2 Å². The molecule has 2 aromatic carbocycles. The van der Waals surface area contributed by atoms with Crippen molar-refractivity contribution in [2.75, 3.05) is 5.32 Å². The van der Waals surface area contributed by atoms with E-state index in [1.807, 2.05) is 0 Å². The highest BCUT2D eigenvalue weighted by Crippen LogP contribution is 2.56. The Morgan fingerprint density at radius 1 is 1.07 bits per heavy atom. The number of carbonyl (C=O) groups excluding carboxylic acids is 1. The molecule has 160 valence electrons. The zero-order valence-electron chi connectivity index (χ0n) is 15.5. The van der Waals surface area contributed by atoms with Crippen LogP contribution in [0.2, 0.25) is 0 Å². The second kappa shape index (κ2) is 6.65. The Bertz CT molecular complexity index is 1010. The smallest absolute Gasteiger partial charge is 0.418 e. The van der Waals surface area contributed by atoms with Crippen LogP contribution < -0.4 is 5.32 Å². The molecule has 0 bridgehead atoms. The summed E-state index contributed by atoms with van der Waals surface area (Å²) in [5.74, 6) is -6.27. The number of fused-ring (bicyclic) bond motifs is 1. The van der Waals surface area contributed by atoms with E-state index in [0.29, 0.717) is 0 Å². The number of hydrogen-bond donors (Lipinski definition) is 2. The summed E-state index contributed by atoms with van der Waals surface area (Å²) in [6.07, 6.45) is -6.06. The summed E-state index contributed by atoms with van der Waals surface area (Å²) in [5.41, 5.74) is -3.29. The molecular formula is C21H17F6NO2. The summed E-state index contributed by atoms with van der Waals surface area (Å²) < 4.78 is 82.4. The first-order valence-corrected chi connectivity index (χ1v) is 9.36. The molecule has 1 saturated carbocycles. The molecule has 2 aliphatic rings. The maximum absolute atomic E-state index is 14.2. The van der Waals surface area contributed by atoms with E-state index < -0.39 is 65.0 Å². The van der Waals surface area contributed by atoms with Crippen molar-refractivity contribution in [1.82, 2.24) is 0 Å². The van der Waals surface area contributed by atoms with Crippen molar-refractivity contribution in [2.24, 2.45) is 5.92 Å². The summed E-state index contributed by atoms with van der Waals surface area (Å²) >= 11 is 0. The molecule has 0 radical (unpaired) electrons. The third-order valence-electron chi connectivity index (χ3n) is 6.12. The average molecular weight is 429 g/mol. The maximum Gasteiger partial charge on any atom is 0.418 e. The van der Waals surface area contributed by atoms with Crippen molar-refractivity contribution < 1.29 is 36.2 Å². The number of nitrogens with one attached hydrogen (secondary N) is 1. The Morgan fingerprint density at radius 2 is 1.73 bits per heavy atom. The van der Waals surface area contributed by atoms with E-state index in [1.54, 1.807) is 0 Å². The molecule has 1 amide bonds. The fraction of sp³-hybridized carbons (Fsp3) is 0.381. The molecule has 1 fully saturated rings. The maximum atomic E-state index is 14.2. The topological polar surface area (TPSA) is 49.3 Å². The first-order chi connectivity index (χ1) is 14.0. The SMILES string of the molecule is O=C1Nc2c(C(F)(F)F)cccc2C1(c1ccc(O)c(F)c1)C1CCC(F)(F)CC1. The standard InChI is InChI=1S/C21H17F6NO2/c22-15-10-12(4-5-16(15)29)20(11-6-8-19(23,24)9-7-11)13-2-1-3-14(21(25,26)27)17(13)28-18(20)30/h1-5,10-11,29H,6-9H2,(H,28,30). The van der Waals surface area contributed by atoms with Gasteiger partial charge in [-0.25, -0.2) is 13.2 Å². The van der Waals surface area contributed by atoms with E-state index >= 15 is 0 Å². The Labute approximate surface area is 167 Å². The van der Waals surface area contributed by atoms with Gasteiger partial charge >= 0.3 is 6.18 Å². The molecule has 1 atom stereocenters. The predicted octanol–water partition coefficient (Wildman–Crippen LogP) is 5.61. The number of halogens is 6. The second-order valence-electron chi connectivity index (χ2n) is 7.78. The molecule has 1 aliphatic carbocycles. The number of alkyl halides is 5. The van der Waals surface area contributed by atoms with Crippen LogP contribution in [0.3, 0.4) is 0 Å². The molecule has 9 heteroatoms. The molecule has 2 aromatic rings. The Kier molecular flexibility index (Phi) is 4.56. The lowest BCUT2D eigenvalue weighted by Gasteiger charge is -2.40. The van der Waals surface area contributed by atoms with Gasteiger partial charge in [0, 0.05) is 12.8 Å². The molecule has 1 heterocycles. The van der Waals surface area contributed by atoms with E-state index in [1.165, 1.54) is 12.1 Å². The minimum absolute atomic E-state index is 0.0172. The molecule has 0 aromatic heterocycles. The highest BCUT2D eigenvalue weighted by atomic mass is 19.4. The van der Waals surface area contributed by atoms with Gasteiger partial charge in [0.25, 0.3) is 0 Å². The van der Waals surface area contributed by atoms with Gasteiger partial charge in [0.15, 0.2) is 11.6 Å². The molecule has 0 saturated heterocycles. The number of aromatic hydroxyl groups is 1. The van der Waals surface area contributed by atoms with Gasteiger partial charge in [0.2, 0.25) is 11.8 Å². The summed E-state index contributed by atoms with van der Waals surface area (Å²) in [6.45, 7) is 0. The van der Waals surface area contributed by atoms with Crippen LogP contribution in [0.25, 0.3) is 0 Å². The number of phenols is 1. The Hall–Kier alpha value is -2.71. The molecule has 1 unspecified atom stereocenters. The van der Waals surface area contributed by atoms with E-state index in [0.717, 1.165) is 24.3 Å². The molecule has 2 N–H and O–H groups in total. The summed E-state index contributed by atoms with van der Waals surface area (Å²) in [6, 6.07) is 6.44. The van der Waals surface area contributed by atoms with E-state index in [9.17, 15) is 36.2 Å². The predicted molar refractivity (Wildman–Crippen MR) is 95.8 cm³/mol. The number of benzene rings is 2. The van der Waals surface area contributed by atoms with Gasteiger partial charge < -0.3 is 10.4 Å². The van der Waals surface area contributed by atoms with Crippen molar-refractivity contribution >= 4 is 11.6 Å². The number of amides is 1. The monoisotopic (exact) mass is 429 g/mol. The van der Waals surface area contributed by atoms with Crippen molar-refractivity contribution in [2.45, 2.75) is 43.2 Å². The molecule has 4 rings (SSSR count). The normalized spacial score (nSPS) is 23.9. The highest BCUT2D eigenvalue weighted by molar-refractivity contribution is 6.09. The number of para-hydroxylation sites is 1. The first-order valence-electron chi connectivity index (χ1n) is 9.36. The number of phenolic OH excluding ortho intramolecular Hbond substituents is 1. The lowest BCUT2D eigenvalue weighted by atomic mass is 9.61. The first kappa shape index (κ1) is 20.6. The lowest BCUT2D eigenvalue weighted by molar-refractivity contribution is -0.136. The van der Waals surface area contributed by atoms with Crippen LogP contribution in [0.5, 0.6) is 5.75 Å². The number of hydrogen-bond acceptors (Lipinski definition) is 2. The van der Waals surface area contributed by atoms with Gasteiger partial charge in [-0.15, -0.1) is 0 Å². The van der Waals surface area contributed by atoms with Crippen molar-refractivity contribution in [3.05, 3.63) is 58.9 Å². The molecule has 0 spiro atoms. The van der Waals surface area contributed by atoms with E-state index in [-0.39, 0.29) is 24.0 Å². The van der Waals surface area contributed by atoms with Crippen LogP contribution in [-0.2, 0) is 16.4 Å². The van der Waals surface area contributed by atoms with E-state index in [4.69, 9.17) is 0 Å². The van der Waals surface area contributed by atoms with Crippen LogP contribution >= 0.6 is 0 Å². The third kappa shape index (κ3) is 3.02. The molecule has 3 nitrogen and oxygen atoms in total. The summed E-state index contributed by atoms with van der Waals surface area (Å²) in [4.78, 5) is 13.2. The summed E-state index contributed by atoms with van der Waals surface area (Å²) in [7, 11) is 0. The zero-order valence-corrected chi connectivity index (χ0v) is 15.5. The molecule has 1 aliphatic heterocycles.